The molecule has 0 amide bonds. The third-order valence-electron chi connectivity index (χ3n) is 2.34. The topological polar surface area (TPSA) is 47.6 Å². The molecular weight excluding hydrogens is 188 g/mol. The van der Waals surface area contributed by atoms with E-state index >= 15 is 0 Å². The summed E-state index contributed by atoms with van der Waals surface area (Å²) in [6.07, 6.45) is 0.910. The van der Waals surface area contributed by atoms with E-state index in [1.807, 2.05) is 19.1 Å². The molecule has 1 unspecified atom stereocenters. The molecular formula is C12H16N2O. The van der Waals surface area contributed by atoms with Crippen LogP contribution in [0.5, 0.6) is 0 Å². The minimum atomic E-state index is 0.205. The van der Waals surface area contributed by atoms with Crippen molar-refractivity contribution in [2.24, 2.45) is 10.7 Å². The van der Waals surface area contributed by atoms with Crippen molar-refractivity contribution in [3.8, 4) is 0 Å². The summed E-state index contributed by atoms with van der Waals surface area (Å²) in [6.45, 7) is 3.49. The highest BCUT2D eigenvalue weighted by molar-refractivity contribution is 5.94. The maximum absolute atomic E-state index is 5.74. The summed E-state index contributed by atoms with van der Waals surface area (Å²) in [7, 11) is 0. The fourth-order valence-corrected chi connectivity index (χ4v) is 1.66. The van der Waals surface area contributed by atoms with Crippen LogP contribution in [0.2, 0.25) is 0 Å². The van der Waals surface area contributed by atoms with Crippen LogP contribution in [0.1, 0.15) is 18.1 Å². The summed E-state index contributed by atoms with van der Waals surface area (Å²) in [6, 6.07) is 8.46. The van der Waals surface area contributed by atoms with Gasteiger partial charge >= 0.3 is 0 Å². The zero-order valence-electron chi connectivity index (χ0n) is 8.94. The number of benzene rings is 1. The minimum Gasteiger partial charge on any atom is -0.476 e. The average Bonchev–Trinajstić information content (AvgIpc) is 2.71. The summed E-state index contributed by atoms with van der Waals surface area (Å²) in [4.78, 5) is 4.27. The molecule has 0 fully saturated rings. The first-order valence-electron chi connectivity index (χ1n) is 5.28. The molecule has 1 atom stereocenters. The van der Waals surface area contributed by atoms with E-state index in [-0.39, 0.29) is 6.04 Å². The average molecular weight is 204 g/mol. The van der Waals surface area contributed by atoms with Crippen molar-refractivity contribution in [1.82, 2.24) is 0 Å². The second kappa shape index (κ2) is 4.45. The Bertz CT molecular complexity index is 354. The van der Waals surface area contributed by atoms with Crippen LogP contribution in [-0.2, 0) is 11.2 Å². The van der Waals surface area contributed by atoms with E-state index in [0.717, 1.165) is 24.4 Å². The van der Waals surface area contributed by atoms with Gasteiger partial charge in [-0.05, 0) is 31.0 Å². The van der Waals surface area contributed by atoms with Crippen molar-refractivity contribution in [2.75, 3.05) is 13.2 Å². The van der Waals surface area contributed by atoms with Gasteiger partial charge in [0, 0.05) is 11.6 Å². The Morgan fingerprint density at radius 1 is 1.40 bits per heavy atom. The van der Waals surface area contributed by atoms with Crippen LogP contribution in [0, 0.1) is 0 Å². The van der Waals surface area contributed by atoms with Crippen LogP contribution in [0.15, 0.2) is 29.3 Å². The molecule has 2 N–H and O–H groups in total. The summed E-state index contributed by atoms with van der Waals surface area (Å²) in [5.41, 5.74) is 8.05. The number of nitrogens with two attached hydrogens (primary N) is 1. The fourth-order valence-electron chi connectivity index (χ4n) is 1.66. The maximum Gasteiger partial charge on any atom is 0.216 e. The van der Waals surface area contributed by atoms with E-state index in [9.17, 15) is 0 Å². The molecule has 2 rings (SSSR count). The van der Waals surface area contributed by atoms with E-state index in [4.69, 9.17) is 10.5 Å². The second-order valence-electron chi connectivity index (χ2n) is 3.91. The molecule has 1 aliphatic rings. The van der Waals surface area contributed by atoms with Crippen LogP contribution < -0.4 is 5.73 Å². The van der Waals surface area contributed by atoms with E-state index in [2.05, 4.69) is 17.1 Å². The van der Waals surface area contributed by atoms with Crippen LogP contribution in [0.4, 0.5) is 0 Å². The molecule has 15 heavy (non-hydrogen) atoms. The van der Waals surface area contributed by atoms with Gasteiger partial charge in [-0.1, -0.05) is 12.1 Å². The lowest BCUT2D eigenvalue weighted by Gasteiger charge is -2.06. The summed E-state index contributed by atoms with van der Waals surface area (Å²) in [5.74, 6) is 0.766. The Hall–Kier alpha value is -1.35. The zero-order valence-corrected chi connectivity index (χ0v) is 8.94. The lowest BCUT2D eigenvalue weighted by molar-refractivity contribution is 0.348. The monoisotopic (exact) mass is 204 g/mol. The molecule has 0 spiro atoms. The molecule has 3 nitrogen and oxygen atoms in total. The Labute approximate surface area is 90.0 Å². The Morgan fingerprint density at radius 2 is 2.13 bits per heavy atom. The molecule has 1 heterocycles. The number of hydrogen-bond donors (Lipinski definition) is 1. The summed E-state index contributed by atoms with van der Waals surface area (Å²) < 4.78 is 5.39. The molecule has 0 radical (unpaired) electrons. The van der Waals surface area contributed by atoms with E-state index in [1.165, 1.54) is 5.56 Å². The fraction of sp³-hybridized carbons (Fsp3) is 0.417. The molecule has 0 bridgehead atoms. The lowest BCUT2D eigenvalue weighted by atomic mass is 10.1. The van der Waals surface area contributed by atoms with Crippen molar-refractivity contribution in [2.45, 2.75) is 19.4 Å². The molecule has 0 saturated carbocycles. The van der Waals surface area contributed by atoms with E-state index in [0.29, 0.717) is 6.61 Å². The maximum atomic E-state index is 5.74. The van der Waals surface area contributed by atoms with Gasteiger partial charge in [0.05, 0.1) is 6.54 Å². The van der Waals surface area contributed by atoms with Crippen molar-refractivity contribution >= 4 is 5.90 Å². The van der Waals surface area contributed by atoms with Gasteiger partial charge in [0.2, 0.25) is 5.90 Å². The standard InChI is InChI=1S/C12H16N2O/c1-9(13)8-10-2-4-11(5-3-10)12-14-6-7-15-12/h2-5,9H,6-8,13H2,1H3. The third-order valence-corrected chi connectivity index (χ3v) is 2.34. The van der Waals surface area contributed by atoms with Gasteiger partial charge in [-0.25, -0.2) is 4.99 Å². The summed E-state index contributed by atoms with van der Waals surface area (Å²) in [5, 5.41) is 0. The normalized spacial score (nSPS) is 17.1. The van der Waals surface area contributed by atoms with Gasteiger partial charge < -0.3 is 10.5 Å². The van der Waals surface area contributed by atoms with Crippen molar-refractivity contribution in [3.63, 3.8) is 0 Å². The van der Waals surface area contributed by atoms with Gasteiger partial charge in [0.25, 0.3) is 0 Å². The third kappa shape index (κ3) is 2.57. The smallest absolute Gasteiger partial charge is 0.216 e. The highest BCUT2D eigenvalue weighted by Gasteiger charge is 2.09. The number of hydrogen-bond acceptors (Lipinski definition) is 3. The number of nitrogens with zero attached hydrogens (tertiary/aromatic N) is 1. The Morgan fingerprint density at radius 3 is 2.67 bits per heavy atom. The molecule has 1 aromatic carbocycles. The van der Waals surface area contributed by atoms with Crippen LogP contribution in [-0.4, -0.2) is 25.1 Å². The van der Waals surface area contributed by atoms with Crippen LogP contribution in [0.3, 0.4) is 0 Å². The molecule has 3 heteroatoms. The first-order chi connectivity index (χ1) is 7.25. The number of rotatable bonds is 3. The van der Waals surface area contributed by atoms with Gasteiger partial charge in [-0.2, -0.15) is 0 Å². The van der Waals surface area contributed by atoms with Gasteiger partial charge in [0.1, 0.15) is 6.61 Å². The van der Waals surface area contributed by atoms with Gasteiger partial charge in [-0.15, -0.1) is 0 Å². The zero-order chi connectivity index (χ0) is 10.7. The predicted molar refractivity (Wildman–Crippen MR) is 61.2 cm³/mol. The second-order valence-corrected chi connectivity index (χ2v) is 3.91. The SMILES string of the molecule is CC(N)Cc1ccc(C2=NCCO2)cc1. The molecule has 0 aliphatic carbocycles. The highest BCUT2D eigenvalue weighted by atomic mass is 16.5. The first-order valence-corrected chi connectivity index (χ1v) is 5.28. The largest absolute Gasteiger partial charge is 0.476 e. The van der Waals surface area contributed by atoms with Crippen molar-refractivity contribution in [3.05, 3.63) is 35.4 Å². The highest BCUT2D eigenvalue weighted by Crippen LogP contribution is 2.10. The van der Waals surface area contributed by atoms with E-state index < -0.39 is 0 Å². The first kappa shape index (κ1) is 10.2. The molecule has 1 aliphatic heterocycles. The molecule has 1 aromatic rings. The van der Waals surface area contributed by atoms with E-state index in [1.54, 1.807) is 0 Å². The predicted octanol–water partition coefficient (Wildman–Crippen LogP) is 1.35. The van der Waals surface area contributed by atoms with Crippen LogP contribution in [0.25, 0.3) is 0 Å². The molecule has 0 saturated heterocycles. The lowest BCUT2D eigenvalue weighted by Crippen LogP contribution is -2.17. The minimum absolute atomic E-state index is 0.205. The van der Waals surface area contributed by atoms with Gasteiger partial charge in [-0.3, -0.25) is 0 Å². The quantitative estimate of drug-likeness (QED) is 0.808. The molecule has 80 valence electrons. The van der Waals surface area contributed by atoms with Gasteiger partial charge in [0.15, 0.2) is 0 Å². The van der Waals surface area contributed by atoms with Crippen molar-refractivity contribution < 1.29 is 4.74 Å². The number of aliphatic imine (C=N–C) groups is 1. The summed E-state index contributed by atoms with van der Waals surface area (Å²) >= 11 is 0. The Kier molecular flexibility index (Phi) is 3.02. The Balaban J connectivity index is 2.10. The molecule has 0 aromatic heterocycles. The van der Waals surface area contributed by atoms with Crippen molar-refractivity contribution in [1.29, 1.82) is 0 Å². The van der Waals surface area contributed by atoms with Crippen LogP contribution >= 0.6 is 0 Å². The number of ether oxygens (including phenoxy) is 1.